The highest BCUT2D eigenvalue weighted by Gasteiger charge is 2.22. The Labute approximate surface area is 247 Å². The molecule has 2 fully saturated rings. The molecule has 2 N–H and O–H groups in total. The van der Waals surface area contributed by atoms with Gasteiger partial charge in [-0.25, -0.2) is 19.2 Å². The highest BCUT2D eigenvalue weighted by molar-refractivity contribution is 7.99. The molecular weight excluding hydrogens is 557 g/mol. The Bertz CT molecular complexity index is 1600. The van der Waals surface area contributed by atoms with Gasteiger partial charge in [0.15, 0.2) is 5.82 Å². The van der Waals surface area contributed by atoms with Crippen LogP contribution in [0.4, 0.5) is 26.4 Å². The number of carbonyl (C=O) groups excluding carboxylic acids is 2. The molecule has 2 aromatic carbocycles. The molecule has 2 aromatic heterocycles. The average Bonchev–Trinajstić information content (AvgIpc) is 3.44. The SMILES string of the molecule is CCn1ccc2c(N3CCOCC3)nc(-c3ccc(NC(=O)Nc4ccc(C(=O)N5CCSCC5)cc4)cc3F)nc21. The third kappa shape index (κ3) is 5.90. The van der Waals surface area contributed by atoms with E-state index in [9.17, 15) is 9.59 Å². The van der Waals surface area contributed by atoms with Crippen molar-refractivity contribution in [1.29, 1.82) is 0 Å². The number of thioether (sulfide) groups is 1. The molecule has 12 heteroatoms. The van der Waals surface area contributed by atoms with E-state index in [1.807, 2.05) is 40.4 Å². The second kappa shape index (κ2) is 12.4. The molecule has 0 aliphatic carbocycles. The van der Waals surface area contributed by atoms with Crippen LogP contribution in [-0.2, 0) is 11.3 Å². The van der Waals surface area contributed by atoms with Crippen molar-refractivity contribution in [1.82, 2.24) is 19.4 Å². The van der Waals surface area contributed by atoms with Crippen molar-refractivity contribution >= 4 is 51.9 Å². The van der Waals surface area contributed by atoms with Gasteiger partial charge >= 0.3 is 6.03 Å². The number of aromatic nitrogens is 3. The number of rotatable bonds is 6. The molecule has 4 aromatic rings. The Morgan fingerprint density at radius 1 is 0.952 bits per heavy atom. The van der Waals surface area contributed by atoms with Crippen LogP contribution in [0.2, 0.25) is 0 Å². The first-order valence-corrected chi connectivity index (χ1v) is 15.2. The molecule has 2 saturated heterocycles. The Morgan fingerprint density at radius 2 is 1.67 bits per heavy atom. The summed E-state index contributed by atoms with van der Waals surface area (Å²) in [6.45, 7) is 6.83. The molecule has 0 unspecified atom stereocenters. The zero-order valence-electron chi connectivity index (χ0n) is 23.3. The number of aryl methyl sites for hydroxylation is 1. The molecule has 218 valence electrons. The first-order valence-electron chi connectivity index (χ1n) is 14.0. The van der Waals surface area contributed by atoms with E-state index in [0.717, 1.165) is 48.0 Å². The summed E-state index contributed by atoms with van der Waals surface area (Å²) in [4.78, 5) is 38.8. The van der Waals surface area contributed by atoms with E-state index in [1.54, 1.807) is 36.4 Å². The van der Waals surface area contributed by atoms with E-state index in [0.29, 0.717) is 37.6 Å². The van der Waals surface area contributed by atoms with Crippen molar-refractivity contribution in [2.75, 3.05) is 66.4 Å². The number of fused-ring (bicyclic) bond motifs is 1. The van der Waals surface area contributed by atoms with Gasteiger partial charge in [-0.1, -0.05) is 0 Å². The molecule has 2 aliphatic rings. The third-order valence-corrected chi connectivity index (χ3v) is 8.35. The largest absolute Gasteiger partial charge is 0.378 e. The second-order valence-electron chi connectivity index (χ2n) is 10.1. The molecule has 0 bridgehead atoms. The Hall–Kier alpha value is -4.16. The van der Waals surface area contributed by atoms with Crippen LogP contribution in [0.1, 0.15) is 17.3 Å². The minimum Gasteiger partial charge on any atom is -0.378 e. The van der Waals surface area contributed by atoms with Gasteiger partial charge in [-0.2, -0.15) is 11.8 Å². The summed E-state index contributed by atoms with van der Waals surface area (Å²) in [5.74, 6) is 2.37. The normalized spacial score (nSPS) is 15.6. The van der Waals surface area contributed by atoms with E-state index in [-0.39, 0.29) is 23.0 Å². The lowest BCUT2D eigenvalue weighted by Crippen LogP contribution is -2.37. The van der Waals surface area contributed by atoms with E-state index < -0.39 is 11.8 Å². The van der Waals surface area contributed by atoms with Crippen LogP contribution in [0, 0.1) is 5.82 Å². The lowest BCUT2D eigenvalue weighted by Gasteiger charge is -2.28. The lowest BCUT2D eigenvalue weighted by atomic mass is 10.1. The first-order chi connectivity index (χ1) is 20.5. The zero-order valence-corrected chi connectivity index (χ0v) is 24.1. The number of hydrogen-bond acceptors (Lipinski definition) is 7. The fourth-order valence-electron chi connectivity index (χ4n) is 5.15. The quantitative estimate of drug-likeness (QED) is 0.329. The highest BCUT2D eigenvalue weighted by Crippen LogP contribution is 2.31. The number of anilines is 3. The predicted octanol–water partition coefficient (Wildman–Crippen LogP) is 4.93. The van der Waals surface area contributed by atoms with Gasteiger partial charge in [0.2, 0.25) is 0 Å². The summed E-state index contributed by atoms with van der Waals surface area (Å²) in [6.07, 6.45) is 1.97. The van der Waals surface area contributed by atoms with E-state index in [1.165, 1.54) is 6.07 Å². The number of carbonyl (C=O) groups is 2. The van der Waals surface area contributed by atoms with Gasteiger partial charge in [-0.15, -0.1) is 0 Å². The Balaban J connectivity index is 1.16. The van der Waals surface area contributed by atoms with Crippen molar-refractivity contribution in [3.05, 3.63) is 66.1 Å². The van der Waals surface area contributed by atoms with Crippen LogP contribution < -0.4 is 15.5 Å². The molecular formula is C30H32FN7O3S. The van der Waals surface area contributed by atoms with E-state index in [4.69, 9.17) is 14.7 Å². The molecule has 42 heavy (non-hydrogen) atoms. The maximum atomic E-state index is 15.4. The molecule has 3 amide bonds. The summed E-state index contributed by atoms with van der Waals surface area (Å²) in [5, 5.41) is 6.32. The topological polar surface area (TPSA) is 105 Å². The number of nitrogens with one attached hydrogen (secondary N) is 2. The minimum atomic E-state index is -0.548. The van der Waals surface area contributed by atoms with Gasteiger partial charge in [-0.05, 0) is 55.5 Å². The fraction of sp³-hybridized carbons (Fsp3) is 0.333. The fourth-order valence-corrected chi connectivity index (χ4v) is 6.06. The van der Waals surface area contributed by atoms with Gasteiger partial charge in [0, 0.05) is 67.4 Å². The smallest absolute Gasteiger partial charge is 0.323 e. The summed E-state index contributed by atoms with van der Waals surface area (Å²) in [5.41, 5.74) is 2.37. The van der Waals surface area contributed by atoms with Gasteiger partial charge in [-0.3, -0.25) is 4.79 Å². The van der Waals surface area contributed by atoms with Crippen LogP contribution in [0.3, 0.4) is 0 Å². The number of nitrogens with zero attached hydrogens (tertiary/aromatic N) is 5. The summed E-state index contributed by atoms with van der Waals surface area (Å²) in [7, 11) is 0. The molecule has 0 spiro atoms. The molecule has 10 nitrogen and oxygen atoms in total. The summed E-state index contributed by atoms with van der Waals surface area (Å²) in [6, 6.07) is 12.7. The van der Waals surface area contributed by atoms with Crippen molar-refractivity contribution in [3.8, 4) is 11.4 Å². The maximum Gasteiger partial charge on any atom is 0.323 e. The van der Waals surface area contributed by atoms with Crippen LogP contribution >= 0.6 is 11.8 Å². The van der Waals surface area contributed by atoms with Crippen molar-refractivity contribution in [2.24, 2.45) is 0 Å². The minimum absolute atomic E-state index is 0.00931. The molecule has 0 saturated carbocycles. The van der Waals surface area contributed by atoms with Crippen molar-refractivity contribution in [2.45, 2.75) is 13.5 Å². The predicted molar refractivity (Wildman–Crippen MR) is 164 cm³/mol. The average molecular weight is 590 g/mol. The molecule has 0 atom stereocenters. The van der Waals surface area contributed by atoms with Crippen LogP contribution in [-0.4, -0.2) is 82.3 Å². The number of amides is 3. The first kappa shape index (κ1) is 28.0. The van der Waals surface area contributed by atoms with Crippen LogP contribution in [0.15, 0.2) is 54.7 Å². The molecule has 6 rings (SSSR count). The standard InChI is InChI=1S/C30H32FN7O3S/c1-2-36-10-9-24-27(36)34-26(35-28(24)37-11-15-41-16-12-37)23-8-7-22(19-25(23)31)33-30(40)32-21-5-3-20(4-6-21)29(39)38-13-17-42-18-14-38/h3-10,19H,2,11-18H2,1H3,(H2,32,33,40). The van der Waals surface area contributed by atoms with Crippen molar-refractivity contribution in [3.63, 3.8) is 0 Å². The maximum absolute atomic E-state index is 15.4. The Morgan fingerprint density at radius 3 is 2.38 bits per heavy atom. The summed E-state index contributed by atoms with van der Waals surface area (Å²) >= 11 is 1.84. The van der Waals surface area contributed by atoms with Crippen LogP contribution in [0.5, 0.6) is 0 Å². The van der Waals surface area contributed by atoms with Crippen LogP contribution in [0.25, 0.3) is 22.4 Å². The lowest BCUT2D eigenvalue weighted by molar-refractivity contribution is 0.0772. The zero-order chi connectivity index (χ0) is 29.1. The number of urea groups is 1. The van der Waals surface area contributed by atoms with Crippen molar-refractivity contribution < 1.29 is 18.7 Å². The monoisotopic (exact) mass is 589 g/mol. The van der Waals surface area contributed by atoms with Gasteiger partial charge in [0.05, 0.1) is 24.2 Å². The summed E-state index contributed by atoms with van der Waals surface area (Å²) < 4.78 is 23.0. The number of hydrogen-bond donors (Lipinski definition) is 2. The third-order valence-electron chi connectivity index (χ3n) is 7.41. The molecule has 0 radical (unpaired) electrons. The number of morpholine rings is 1. The van der Waals surface area contributed by atoms with E-state index >= 15 is 4.39 Å². The highest BCUT2D eigenvalue weighted by atomic mass is 32.2. The second-order valence-corrected chi connectivity index (χ2v) is 11.3. The molecule has 4 heterocycles. The number of halogens is 1. The number of benzene rings is 2. The van der Waals surface area contributed by atoms with Gasteiger partial charge < -0.3 is 29.7 Å². The molecule has 2 aliphatic heterocycles. The number of ether oxygens (including phenoxy) is 1. The Kier molecular flexibility index (Phi) is 8.24. The van der Waals surface area contributed by atoms with Gasteiger partial charge in [0.25, 0.3) is 5.91 Å². The van der Waals surface area contributed by atoms with Gasteiger partial charge in [0.1, 0.15) is 17.3 Å². The van der Waals surface area contributed by atoms with E-state index in [2.05, 4.69) is 15.5 Å².